The van der Waals surface area contributed by atoms with Crippen molar-refractivity contribution in [3.63, 3.8) is 0 Å². The van der Waals surface area contributed by atoms with E-state index < -0.39 is 5.41 Å². The van der Waals surface area contributed by atoms with Crippen molar-refractivity contribution in [1.82, 2.24) is 5.32 Å². The van der Waals surface area contributed by atoms with Crippen LogP contribution in [0.3, 0.4) is 0 Å². The zero-order chi connectivity index (χ0) is 12.2. The number of benzene rings is 1. The van der Waals surface area contributed by atoms with Gasteiger partial charge in [-0.1, -0.05) is 23.7 Å². The molecule has 0 saturated carbocycles. The average molecular weight is 241 g/mol. The van der Waals surface area contributed by atoms with Crippen LogP contribution in [0.1, 0.15) is 19.4 Å². The monoisotopic (exact) mass is 240 g/mol. The minimum atomic E-state index is -0.521. The summed E-state index contributed by atoms with van der Waals surface area (Å²) in [5, 5.41) is 3.54. The van der Waals surface area contributed by atoms with Crippen LogP contribution in [0.15, 0.2) is 24.3 Å². The molecule has 0 spiro atoms. The van der Waals surface area contributed by atoms with Crippen molar-refractivity contribution < 1.29 is 4.79 Å². The molecule has 3 nitrogen and oxygen atoms in total. The van der Waals surface area contributed by atoms with Gasteiger partial charge in [0.2, 0.25) is 5.91 Å². The number of carbonyl (C=O) groups excluding carboxylic acids is 1. The first kappa shape index (κ1) is 13.0. The molecule has 0 fully saturated rings. The predicted molar refractivity (Wildman–Crippen MR) is 66.1 cm³/mol. The number of amides is 1. The Balaban J connectivity index is 2.52. The van der Waals surface area contributed by atoms with Crippen molar-refractivity contribution in [2.24, 2.45) is 11.1 Å². The fraction of sp³-hybridized carbons (Fsp3) is 0.417. The van der Waals surface area contributed by atoms with Crippen molar-refractivity contribution in [1.29, 1.82) is 0 Å². The summed E-state index contributed by atoms with van der Waals surface area (Å²) in [4.78, 5) is 11.7. The molecular formula is C12H17ClN2O. The molecule has 0 heterocycles. The molecule has 1 amide bonds. The van der Waals surface area contributed by atoms with Crippen LogP contribution in [-0.2, 0) is 11.3 Å². The Kier molecular flexibility index (Phi) is 4.33. The Morgan fingerprint density at radius 1 is 1.38 bits per heavy atom. The first-order valence-electron chi connectivity index (χ1n) is 5.18. The second kappa shape index (κ2) is 5.32. The van der Waals surface area contributed by atoms with Gasteiger partial charge in [-0.15, -0.1) is 0 Å². The number of hydrogen-bond acceptors (Lipinski definition) is 2. The Labute approximate surface area is 101 Å². The van der Waals surface area contributed by atoms with Gasteiger partial charge in [-0.2, -0.15) is 0 Å². The molecule has 0 aliphatic heterocycles. The number of rotatable bonds is 4. The molecule has 0 radical (unpaired) electrons. The highest BCUT2D eigenvalue weighted by molar-refractivity contribution is 6.30. The fourth-order valence-electron chi connectivity index (χ4n) is 1.12. The Bertz CT molecular complexity index is 360. The van der Waals surface area contributed by atoms with Crippen molar-refractivity contribution >= 4 is 17.5 Å². The summed E-state index contributed by atoms with van der Waals surface area (Å²) in [6.07, 6.45) is 0. The van der Waals surface area contributed by atoms with Crippen molar-refractivity contribution in [3.05, 3.63) is 34.9 Å². The van der Waals surface area contributed by atoms with Gasteiger partial charge >= 0.3 is 0 Å². The molecule has 0 aliphatic rings. The number of hydrogen-bond donors (Lipinski definition) is 2. The molecule has 3 N–H and O–H groups in total. The second-order valence-corrected chi connectivity index (χ2v) is 4.83. The molecule has 1 rings (SSSR count). The molecule has 0 bridgehead atoms. The maximum atomic E-state index is 11.7. The van der Waals surface area contributed by atoms with Gasteiger partial charge in [-0.25, -0.2) is 0 Å². The van der Waals surface area contributed by atoms with Crippen LogP contribution in [0.4, 0.5) is 0 Å². The highest BCUT2D eigenvalue weighted by Gasteiger charge is 2.25. The average Bonchev–Trinajstić information content (AvgIpc) is 2.28. The lowest BCUT2D eigenvalue weighted by Gasteiger charge is -2.21. The van der Waals surface area contributed by atoms with Gasteiger partial charge in [0, 0.05) is 18.1 Å². The van der Waals surface area contributed by atoms with Gasteiger partial charge in [0.15, 0.2) is 0 Å². The molecule has 16 heavy (non-hydrogen) atoms. The lowest BCUT2D eigenvalue weighted by Crippen LogP contribution is -2.41. The van der Waals surface area contributed by atoms with Crippen LogP contribution in [0.5, 0.6) is 0 Å². The largest absolute Gasteiger partial charge is 0.352 e. The molecule has 0 aliphatic carbocycles. The summed E-state index contributed by atoms with van der Waals surface area (Å²) < 4.78 is 0. The molecule has 88 valence electrons. The lowest BCUT2D eigenvalue weighted by atomic mass is 9.92. The number of nitrogens with one attached hydrogen (secondary N) is 1. The molecule has 0 aromatic heterocycles. The van der Waals surface area contributed by atoms with E-state index in [9.17, 15) is 4.79 Å². The molecule has 0 unspecified atom stereocenters. The minimum Gasteiger partial charge on any atom is -0.352 e. The van der Waals surface area contributed by atoms with Crippen molar-refractivity contribution in [3.8, 4) is 0 Å². The maximum Gasteiger partial charge on any atom is 0.227 e. The van der Waals surface area contributed by atoms with E-state index in [1.807, 2.05) is 26.0 Å². The van der Waals surface area contributed by atoms with E-state index in [2.05, 4.69) is 5.32 Å². The van der Waals surface area contributed by atoms with E-state index in [0.717, 1.165) is 5.56 Å². The van der Waals surface area contributed by atoms with Gasteiger partial charge in [-0.3, -0.25) is 4.79 Å². The smallest absolute Gasteiger partial charge is 0.227 e. The van der Waals surface area contributed by atoms with Crippen LogP contribution < -0.4 is 11.1 Å². The van der Waals surface area contributed by atoms with Crippen LogP contribution in [-0.4, -0.2) is 12.5 Å². The van der Waals surface area contributed by atoms with Crippen LogP contribution in [0, 0.1) is 5.41 Å². The van der Waals surface area contributed by atoms with E-state index in [0.29, 0.717) is 18.1 Å². The summed E-state index contributed by atoms with van der Waals surface area (Å²) in [6, 6.07) is 7.38. The standard InChI is InChI=1S/C12H17ClN2O/c1-12(2,8-14)11(16)15-7-9-3-5-10(13)6-4-9/h3-6H,7-8,14H2,1-2H3,(H,15,16). The van der Waals surface area contributed by atoms with Crippen molar-refractivity contribution in [2.75, 3.05) is 6.54 Å². The molecule has 0 saturated heterocycles. The number of carbonyl (C=O) groups is 1. The summed E-state index contributed by atoms with van der Waals surface area (Å²) in [5.41, 5.74) is 6.02. The van der Waals surface area contributed by atoms with E-state index >= 15 is 0 Å². The lowest BCUT2D eigenvalue weighted by molar-refractivity contribution is -0.129. The molecular weight excluding hydrogens is 224 g/mol. The highest BCUT2D eigenvalue weighted by Crippen LogP contribution is 2.13. The first-order chi connectivity index (χ1) is 7.45. The van der Waals surface area contributed by atoms with Gasteiger partial charge in [0.25, 0.3) is 0 Å². The number of nitrogens with two attached hydrogens (primary N) is 1. The van der Waals surface area contributed by atoms with E-state index in [1.54, 1.807) is 12.1 Å². The third-order valence-corrected chi connectivity index (χ3v) is 2.74. The molecule has 1 aromatic carbocycles. The Morgan fingerprint density at radius 3 is 2.44 bits per heavy atom. The SMILES string of the molecule is CC(C)(CN)C(=O)NCc1ccc(Cl)cc1. The Morgan fingerprint density at radius 2 is 1.94 bits per heavy atom. The number of halogens is 1. The van der Waals surface area contributed by atoms with Gasteiger partial charge in [0.05, 0.1) is 5.41 Å². The first-order valence-corrected chi connectivity index (χ1v) is 5.56. The fourth-order valence-corrected chi connectivity index (χ4v) is 1.24. The normalized spacial score (nSPS) is 11.2. The third-order valence-electron chi connectivity index (χ3n) is 2.49. The van der Waals surface area contributed by atoms with Gasteiger partial charge in [0.1, 0.15) is 0 Å². The summed E-state index contributed by atoms with van der Waals surface area (Å²) >= 11 is 5.77. The predicted octanol–water partition coefficient (Wildman–Crippen LogP) is 1.94. The second-order valence-electron chi connectivity index (χ2n) is 4.40. The molecule has 1 aromatic rings. The summed E-state index contributed by atoms with van der Waals surface area (Å²) in [7, 11) is 0. The summed E-state index contributed by atoms with van der Waals surface area (Å²) in [6.45, 7) is 4.48. The third kappa shape index (κ3) is 3.51. The van der Waals surface area contributed by atoms with Crippen LogP contribution in [0.25, 0.3) is 0 Å². The van der Waals surface area contributed by atoms with Gasteiger partial charge < -0.3 is 11.1 Å². The van der Waals surface area contributed by atoms with E-state index in [4.69, 9.17) is 17.3 Å². The quantitative estimate of drug-likeness (QED) is 0.845. The van der Waals surface area contributed by atoms with Crippen LogP contribution >= 0.6 is 11.6 Å². The van der Waals surface area contributed by atoms with Gasteiger partial charge in [-0.05, 0) is 31.5 Å². The van der Waals surface area contributed by atoms with Crippen molar-refractivity contribution in [2.45, 2.75) is 20.4 Å². The van der Waals surface area contributed by atoms with Crippen LogP contribution in [0.2, 0.25) is 5.02 Å². The highest BCUT2D eigenvalue weighted by atomic mass is 35.5. The summed E-state index contributed by atoms with van der Waals surface area (Å²) in [5.74, 6) is -0.0371. The zero-order valence-corrected chi connectivity index (χ0v) is 10.3. The molecule has 4 heteroatoms. The maximum absolute atomic E-state index is 11.7. The minimum absolute atomic E-state index is 0.0371. The molecule has 0 atom stereocenters. The van der Waals surface area contributed by atoms with E-state index in [-0.39, 0.29) is 5.91 Å². The topological polar surface area (TPSA) is 55.1 Å². The zero-order valence-electron chi connectivity index (χ0n) is 9.59. The Hall–Kier alpha value is -1.06. The van der Waals surface area contributed by atoms with E-state index in [1.165, 1.54) is 0 Å².